The summed E-state index contributed by atoms with van der Waals surface area (Å²) in [5.41, 5.74) is 1.99. The average Bonchev–Trinajstić information content (AvgIpc) is 2.87. The van der Waals surface area contributed by atoms with Crippen LogP contribution in [0.1, 0.15) is 37.3 Å². The first kappa shape index (κ1) is 21.1. The van der Waals surface area contributed by atoms with Gasteiger partial charge in [0.15, 0.2) is 0 Å². The van der Waals surface area contributed by atoms with E-state index in [4.69, 9.17) is 12.2 Å². The van der Waals surface area contributed by atoms with E-state index in [9.17, 15) is 19.5 Å². The lowest BCUT2D eigenvalue weighted by Gasteiger charge is -2.18. The second-order valence-electron chi connectivity index (χ2n) is 6.28. The minimum atomic E-state index is -1.08. The average molecular weight is 407 g/mol. The number of carboxylic acid groups (broad SMARTS) is 1. The fraction of sp³-hybridized carbons (Fsp3) is 0.368. The van der Waals surface area contributed by atoms with Crippen molar-refractivity contribution in [3.05, 3.63) is 40.3 Å². The Bertz CT molecular complexity index is 774. The van der Waals surface area contributed by atoms with Crippen molar-refractivity contribution < 1.29 is 19.5 Å². The number of thiocarbonyl (C=S) groups is 1. The van der Waals surface area contributed by atoms with Crippen molar-refractivity contribution in [2.75, 3.05) is 6.54 Å². The van der Waals surface area contributed by atoms with Crippen LogP contribution in [0.25, 0.3) is 6.08 Å². The van der Waals surface area contributed by atoms with E-state index in [2.05, 4.69) is 5.32 Å². The van der Waals surface area contributed by atoms with E-state index in [1.807, 2.05) is 38.1 Å². The third-order valence-corrected chi connectivity index (χ3v) is 5.41. The SMILES string of the molecule is CCCCC(NC(=O)CN1C(=O)C(=Cc2ccc(C)cc2)SC1=S)C(=O)O. The van der Waals surface area contributed by atoms with Gasteiger partial charge < -0.3 is 10.4 Å². The summed E-state index contributed by atoms with van der Waals surface area (Å²) in [6.45, 7) is 3.64. The minimum Gasteiger partial charge on any atom is -0.480 e. The van der Waals surface area contributed by atoms with Gasteiger partial charge in [-0.25, -0.2) is 4.79 Å². The summed E-state index contributed by atoms with van der Waals surface area (Å²) >= 11 is 6.35. The number of rotatable bonds is 8. The maximum atomic E-state index is 12.6. The number of benzene rings is 1. The number of amides is 2. The van der Waals surface area contributed by atoms with Crippen LogP contribution in [0.5, 0.6) is 0 Å². The first-order chi connectivity index (χ1) is 12.8. The largest absolute Gasteiger partial charge is 0.480 e. The maximum Gasteiger partial charge on any atom is 0.326 e. The normalized spacial score (nSPS) is 16.7. The Morgan fingerprint density at radius 2 is 2.00 bits per heavy atom. The number of hydrogen-bond donors (Lipinski definition) is 2. The number of carboxylic acids is 1. The first-order valence-corrected chi connectivity index (χ1v) is 9.88. The lowest BCUT2D eigenvalue weighted by molar-refractivity contribution is -0.142. The minimum absolute atomic E-state index is 0.286. The molecule has 0 spiro atoms. The number of nitrogens with one attached hydrogen (secondary N) is 1. The van der Waals surface area contributed by atoms with E-state index in [0.717, 1.165) is 29.3 Å². The molecule has 27 heavy (non-hydrogen) atoms. The summed E-state index contributed by atoms with van der Waals surface area (Å²) in [5.74, 6) is -1.96. The van der Waals surface area contributed by atoms with Gasteiger partial charge in [-0.05, 0) is 25.0 Å². The van der Waals surface area contributed by atoms with Crippen LogP contribution in [0, 0.1) is 6.92 Å². The third kappa shape index (κ3) is 5.90. The highest BCUT2D eigenvalue weighted by molar-refractivity contribution is 8.26. The van der Waals surface area contributed by atoms with Gasteiger partial charge >= 0.3 is 5.97 Å². The number of carbonyl (C=O) groups excluding carboxylic acids is 2. The molecule has 0 aliphatic carbocycles. The molecule has 0 aromatic heterocycles. The number of thioether (sulfide) groups is 1. The second kappa shape index (κ2) is 9.66. The molecule has 2 rings (SSSR count). The summed E-state index contributed by atoms with van der Waals surface area (Å²) < 4.78 is 0.286. The zero-order valence-corrected chi connectivity index (χ0v) is 16.9. The molecule has 1 aliphatic rings. The predicted molar refractivity (Wildman–Crippen MR) is 110 cm³/mol. The van der Waals surface area contributed by atoms with Gasteiger partial charge in [0.2, 0.25) is 5.91 Å². The molecule has 1 aromatic rings. The van der Waals surface area contributed by atoms with Gasteiger partial charge in [0, 0.05) is 0 Å². The third-order valence-electron chi connectivity index (χ3n) is 4.03. The molecule has 0 radical (unpaired) electrons. The van der Waals surface area contributed by atoms with E-state index in [1.165, 1.54) is 4.90 Å². The van der Waals surface area contributed by atoms with Crippen molar-refractivity contribution in [3.63, 3.8) is 0 Å². The number of hydrogen-bond acceptors (Lipinski definition) is 5. The highest BCUT2D eigenvalue weighted by Crippen LogP contribution is 2.32. The standard InChI is InChI=1S/C19H22N2O4S2/c1-3-4-5-14(18(24)25)20-16(22)11-21-17(23)15(27-19(21)26)10-13-8-6-12(2)7-9-13/h6-10,14H,3-5,11H2,1-2H3,(H,20,22)(H,24,25). The molecule has 2 amide bonds. The van der Waals surface area contributed by atoms with Gasteiger partial charge in [0.05, 0.1) is 4.91 Å². The number of carbonyl (C=O) groups is 3. The smallest absolute Gasteiger partial charge is 0.326 e. The number of nitrogens with zero attached hydrogens (tertiary/aromatic N) is 1. The Labute approximate surface area is 168 Å². The Morgan fingerprint density at radius 3 is 2.59 bits per heavy atom. The van der Waals surface area contributed by atoms with E-state index >= 15 is 0 Å². The van der Waals surface area contributed by atoms with Crippen LogP contribution in [0.4, 0.5) is 0 Å². The summed E-state index contributed by atoms with van der Waals surface area (Å²) in [5, 5.41) is 11.7. The van der Waals surface area contributed by atoms with Gasteiger partial charge in [-0.1, -0.05) is 73.6 Å². The number of aryl methyl sites for hydroxylation is 1. The molecule has 8 heteroatoms. The molecular weight excluding hydrogens is 384 g/mol. The monoisotopic (exact) mass is 406 g/mol. The summed E-state index contributed by atoms with van der Waals surface area (Å²) in [6, 6.07) is 6.74. The first-order valence-electron chi connectivity index (χ1n) is 8.66. The quantitative estimate of drug-likeness (QED) is 0.510. The Kier molecular flexibility index (Phi) is 7.55. The summed E-state index contributed by atoms with van der Waals surface area (Å²) in [4.78, 5) is 37.7. The molecule has 1 atom stereocenters. The molecule has 1 heterocycles. The van der Waals surface area contributed by atoms with E-state index in [0.29, 0.717) is 17.7 Å². The highest BCUT2D eigenvalue weighted by Gasteiger charge is 2.34. The second-order valence-corrected chi connectivity index (χ2v) is 7.95. The van der Waals surface area contributed by atoms with Gasteiger partial charge in [0.25, 0.3) is 5.91 Å². The maximum absolute atomic E-state index is 12.6. The molecule has 0 bridgehead atoms. The van der Waals surface area contributed by atoms with E-state index in [1.54, 1.807) is 6.08 Å². The van der Waals surface area contributed by atoms with Crippen molar-refractivity contribution in [2.45, 2.75) is 39.2 Å². The molecule has 2 N–H and O–H groups in total. The molecule has 1 aliphatic heterocycles. The Morgan fingerprint density at radius 1 is 1.33 bits per heavy atom. The van der Waals surface area contributed by atoms with Crippen molar-refractivity contribution >= 4 is 52.2 Å². The lowest BCUT2D eigenvalue weighted by atomic mass is 10.1. The van der Waals surface area contributed by atoms with Gasteiger partial charge in [-0.2, -0.15) is 0 Å². The summed E-state index contributed by atoms with van der Waals surface area (Å²) in [7, 11) is 0. The van der Waals surface area contributed by atoms with Crippen molar-refractivity contribution in [1.82, 2.24) is 10.2 Å². The van der Waals surface area contributed by atoms with Crippen molar-refractivity contribution in [2.24, 2.45) is 0 Å². The molecule has 1 fully saturated rings. The van der Waals surface area contributed by atoms with Crippen LogP contribution in [0.3, 0.4) is 0 Å². The molecule has 0 saturated carbocycles. The Balaban J connectivity index is 2.03. The number of unbranched alkanes of at least 4 members (excludes halogenated alkanes) is 1. The number of aliphatic carboxylic acids is 1. The lowest BCUT2D eigenvalue weighted by Crippen LogP contribution is -2.46. The fourth-order valence-electron chi connectivity index (χ4n) is 2.50. The van der Waals surface area contributed by atoms with Crippen LogP contribution >= 0.6 is 24.0 Å². The molecule has 144 valence electrons. The van der Waals surface area contributed by atoms with Gasteiger partial charge in [0.1, 0.15) is 16.9 Å². The predicted octanol–water partition coefficient (Wildman–Crippen LogP) is 2.96. The van der Waals surface area contributed by atoms with Crippen molar-refractivity contribution in [3.8, 4) is 0 Å². The zero-order chi connectivity index (χ0) is 20.0. The van der Waals surface area contributed by atoms with E-state index in [-0.39, 0.29) is 16.8 Å². The highest BCUT2D eigenvalue weighted by atomic mass is 32.2. The van der Waals surface area contributed by atoms with Gasteiger partial charge in [-0.15, -0.1) is 0 Å². The van der Waals surface area contributed by atoms with Gasteiger partial charge in [-0.3, -0.25) is 14.5 Å². The fourth-order valence-corrected chi connectivity index (χ4v) is 3.75. The topological polar surface area (TPSA) is 86.7 Å². The van der Waals surface area contributed by atoms with Crippen molar-refractivity contribution in [1.29, 1.82) is 0 Å². The van der Waals surface area contributed by atoms with Crippen LogP contribution < -0.4 is 5.32 Å². The summed E-state index contributed by atoms with van der Waals surface area (Å²) in [6.07, 6.45) is 3.61. The van der Waals surface area contributed by atoms with Crippen LogP contribution in [-0.4, -0.2) is 44.7 Å². The molecule has 1 unspecified atom stereocenters. The Hall–Kier alpha value is -2.19. The molecule has 1 aromatic carbocycles. The van der Waals surface area contributed by atoms with E-state index < -0.39 is 17.9 Å². The van der Waals surface area contributed by atoms with Crippen LogP contribution in [0.2, 0.25) is 0 Å². The molecule has 1 saturated heterocycles. The molecular formula is C19H22N2O4S2. The van der Waals surface area contributed by atoms with Crippen LogP contribution in [0.15, 0.2) is 29.2 Å². The van der Waals surface area contributed by atoms with Crippen LogP contribution in [-0.2, 0) is 14.4 Å². The zero-order valence-electron chi connectivity index (χ0n) is 15.2. The molecule has 6 nitrogen and oxygen atoms in total.